The van der Waals surface area contributed by atoms with Crippen LogP contribution in [0.25, 0.3) is 0 Å². The zero-order chi connectivity index (χ0) is 15.4. The molecule has 0 aromatic heterocycles. The zero-order valence-corrected chi connectivity index (χ0v) is 12.2. The second kappa shape index (κ2) is 6.62. The second-order valence-corrected chi connectivity index (χ2v) is 5.05. The number of hydrogen-bond acceptors (Lipinski definition) is 2. The first-order chi connectivity index (χ1) is 9.97. The molecule has 0 atom stereocenters. The van der Waals surface area contributed by atoms with Gasteiger partial charge in [0.25, 0.3) is 0 Å². The summed E-state index contributed by atoms with van der Waals surface area (Å²) in [5.74, 6) is -4.66. The minimum Gasteiger partial charge on any atom is -0.374 e. The third-order valence-electron chi connectivity index (χ3n) is 2.58. The van der Waals surface area contributed by atoms with Crippen LogP contribution in [0, 0.1) is 17.5 Å². The van der Waals surface area contributed by atoms with Crippen LogP contribution in [0.15, 0.2) is 40.9 Å². The molecule has 0 aliphatic rings. The number of hydrogen-bond donors (Lipinski definition) is 2. The molecular weight excluding hydrogens is 349 g/mol. The van der Waals surface area contributed by atoms with Crippen molar-refractivity contribution in [1.29, 1.82) is 0 Å². The SMILES string of the molecule is O=C(CNc1ccc(F)c(F)c1F)Nc1cccc(Br)c1. The fourth-order valence-corrected chi connectivity index (χ4v) is 2.01. The number of nitrogens with one attached hydrogen (secondary N) is 2. The maximum absolute atomic E-state index is 13.4. The summed E-state index contributed by atoms with van der Waals surface area (Å²) in [5, 5.41) is 4.99. The maximum Gasteiger partial charge on any atom is 0.243 e. The number of rotatable bonds is 4. The second-order valence-electron chi connectivity index (χ2n) is 4.13. The van der Waals surface area contributed by atoms with Gasteiger partial charge in [0.1, 0.15) is 0 Å². The predicted molar refractivity (Wildman–Crippen MR) is 77.6 cm³/mol. The van der Waals surface area contributed by atoms with Crippen molar-refractivity contribution in [3.8, 4) is 0 Å². The lowest BCUT2D eigenvalue weighted by Gasteiger charge is -2.09. The van der Waals surface area contributed by atoms with E-state index in [4.69, 9.17) is 0 Å². The Morgan fingerprint density at radius 2 is 1.86 bits per heavy atom. The average molecular weight is 359 g/mol. The van der Waals surface area contributed by atoms with Gasteiger partial charge in [-0.15, -0.1) is 0 Å². The number of halogens is 4. The topological polar surface area (TPSA) is 41.1 Å². The molecular formula is C14H10BrF3N2O. The van der Waals surface area contributed by atoms with Crippen LogP contribution in [0.4, 0.5) is 24.5 Å². The smallest absolute Gasteiger partial charge is 0.243 e. The van der Waals surface area contributed by atoms with Gasteiger partial charge >= 0.3 is 0 Å². The summed E-state index contributed by atoms with van der Waals surface area (Å²) in [5.41, 5.74) is 0.278. The molecule has 0 unspecified atom stereocenters. The van der Waals surface area contributed by atoms with Crippen LogP contribution in [0.2, 0.25) is 0 Å². The minimum absolute atomic E-state index is 0.279. The van der Waals surface area contributed by atoms with Crippen molar-refractivity contribution < 1.29 is 18.0 Å². The Balaban J connectivity index is 1.97. The zero-order valence-electron chi connectivity index (χ0n) is 10.6. The third kappa shape index (κ3) is 3.98. The van der Waals surface area contributed by atoms with Crippen molar-refractivity contribution in [3.63, 3.8) is 0 Å². The summed E-state index contributed by atoms with van der Waals surface area (Å²) in [6.07, 6.45) is 0. The Morgan fingerprint density at radius 3 is 2.57 bits per heavy atom. The first-order valence-corrected chi connectivity index (χ1v) is 6.69. The molecule has 0 aliphatic heterocycles. The van der Waals surface area contributed by atoms with Crippen molar-refractivity contribution in [1.82, 2.24) is 0 Å². The number of benzene rings is 2. The van der Waals surface area contributed by atoms with Gasteiger partial charge < -0.3 is 10.6 Å². The van der Waals surface area contributed by atoms with Crippen LogP contribution in [-0.2, 0) is 4.79 Å². The Morgan fingerprint density at radius 1 is 1.10 bits per heavy atom. The van der Waals surface area contributed by atoms with Crippen LogP contribution in [0.3, 0.4) is 0 Å². The van der Waals surface area contributed by atoms with Gasteiger partial charge in [-0.05, 0) is 30.3 Å². The molecule has 0 spiro atoms. The molecule has 110 valence electrons. The summed E-state index contributed by atoms with van der Waals surface area (Å²) in [7, 11) is 0. The van der Waals surface area contributed by atoms with E-state index in [1.807, 2.05) is 0 Å². The van der Waals surface area contributed by atoms with Crippen LogP contribution >= 0.6 is 15.9 Å². The van der Waals surface area contributed by atoms with Gasteiger partial charge in [0.15, 0.2) is 17.5 Å². The van der Waals surface area contributed by atoms with Gasteiger partial charge in [-0.2, -0.15) is 0 Å². The monoisotopic (exact) mass is 358 g/mol. The van der Waals surface area contributed by atoms with Crippen LogP contribution in [0.1, 0.15) is 0 Å². The number of carbonyl (C=O) groups excluding carboxylic acids is 1. The fraction of sp³-hybridized carbons (Fsp3) is 0.0714. The predicted octanol–water partition coefficient (Wildman–Crippen LogP) is 3.92. The van der Waals surface area contributed by atoms with E-state index >= 15 is 0 Å². The summed E-state index contributed by atoms with van der Waals surface area (Å²) in [4.78, 5) is 11.7. The van der Waals surface area contributed by atoms with Gasteiger partial charge in [0.05, 0.1) is 12.2 Å². The van der Waals surface area contributed by atoms with E-state index in [9.17, 15) is 18.0 Å². The largest absolute Gasteiger partial charge is 0.374 e. The molecule has 1 amide bonds. The average Bonchev–Trinajstić information content (AvgIpc) is 2.44. The maximum atomic E-state index is 13.4. The van der Waals surface area contributed by atoms with E-state index in [1.165, 1.54) is 0 Å². The highest BCUT2D eigenvalue weighted by atomic mass is 79.9. The van der Waals surface area contributed by atoms with Gasteiger partial charge in [-0.25, -0.2) is 13.2 Å². The van der Waals surface area contributed by atoms with E-state index in [0.29, 0.717) is 5.69 Å². The first kappa shape index (κ1) is 15.4. The highest BCUT2D eigenvalue weighted by Crippen LogP contribution is 2.19. The molecule has 2 aromatic carbocycles. The highest BCUT2D eigenvalue weighted by molar-refractivity contribution is 9.10. The Bertz CT molecular complexity index is 679. The van der Waals surface area contributed by atoms with Gasteiger partial charge in [0, 0.05) is 10.2 Å². The Hall–Kier alpha value is -2.02. The normalized spacial score (nSPS) is 10.3. The van der Waals surface area contributed by atoms with Crippen molar-refractivity contribution in [2.24, 2.45) is 0 Å². The van der Waals surface area contributed by atoms with E-state index in [0.717, 1.165) is 16.6 Å². The molecule has 0 saturated heterocycles. The summed E-state index contributed by atoms with van der Waals surface area (Å²) < 4.78 is 39.9. The van der Waals surface area contributed by atoms with Crippen LogP contribution < -0.4 is 10.6 Å². The van der Waals surface area contributed by atoms with E-state index in [-0.39, 0.29) is 12.2 Å². The Kier molecular flexibility index (Phi) is 4.85. The molecule has 3 nitrogen and oxygen atoms in total. The highest BCUT2D eigenvalue weighted by Gasteiger charge is 2.13. The van der Waals surface area contributed by atoms with Crippen molar-refractivity contribution in [2.75, 3.05) is 17.2 Å². The molecule has 0 aliphatic carbocycles. The van der Waals surface area contributed by atoms with Crippen molar-refractivity contribution >= 4 is 33.2 Å². The van der Waals surface area contributed by atoms with E-state index in [2.05, 4.69) is 26.6 Å². The van der Waals surface area contributed by atoms with E-state index < -0.39 is 23.4 Å². The molecule has 0 radical (unpaired) electrons. The molecule has 0 heterocycles. The standard InChI is InChI=1S/C14H10BrF3N2O/c15-8-2-1-3-9(6-8)20-12(21)7-19-11-5-4-10(16)13(17)14(11)18/h1-6,19H,7H2,(H,20,21). The number of carbonyl (C=O) groups is 1. The molecule has 0 fully saturated rings. The molecule has 0 bridgehead atoms. The lowest BCUT2D eigenvalue weighted by molar-refractivity contribution is -0.114. The van der Waals surface area contributed by atoms with Crippen LogP contribution in [-0.4, -0.2) is 12.5 Å². The fourth-order valence-electron chi connectivity index (χ4n) is 1.61. The van der Waals surface area contributed by atoms with Crippen molar-refractivity contribution in [3.05, 3.63) is 58.3 Å². The lowest BCUT2D eigenvalue weighted by atomic mass is 10.2. The quantitative estimate of drug-likeness (QED) is 0.813. The minimum atomic E-state index is -1.58. The summed E-state index contributed by atoms with van der Waals surface area (Å²) >= 11 is 3.26. The summed E-state index contributed by atoms with van der Waals surface area (Å²) in [6.45, 7) is -0.283. The van der Waals surface area contributed by atoms with Crippen LogP contribution in [0.5, 0.6) is 0 Å². The molecule has 7 heteroatoms. The summed E-state index contributed by atoms with van der Waals surface area (Å²) in [6, 6.07) is 8.72. The Labute approximate surface area is 127 Å². The molecule has 2 rings (SSSR count). The van der Waals surface area contributed by atoms with Crippen molar-refractivity contribution in [2.45, 2.75) is 0 Å². The third-order valence-corrected chi connectivity index (χ3v) is 3.08. The number of anilines is 2. The number of amides is 1. The molecule has 2 N–H and O–H groups in total. The van der Waals surface area contributed by atoms with Gasteiger partial charge in [-0.1, -0.05) is 22.0 Å². The van der Waals surface area contributed by atoms with E-state index in [1.54, 1.807) is 24.3 Å². The van der Waals surface area contributed by atoms with Gasteiger partial charge in [0.2, 0.25) is 5.91 Å². The van der Waals surface area contributed by atoms with Gasteiger partial charge in [-0.3, -0.25) is 4.79 Å². The lowest BCUT2D eigenvalue weighted by Crippen LogP contribution is -2.22. The molecule has 21 heavy (non-hydrogen) atoms. The molecule has 0 saturated carbocycles. The first-order valence-electron chi connectivity index (χ1n) is 5.90. The molecule has 2 aromatic rings.